The molecule has 1 amide bonds. The fourth-order valence-electron chi connectivity index (χ4n) is 5.10. The van der Waals surface area contributed by atoms with Crippen molar-refractivity contribution in [2.45, 2.75) is 71.8 Å². The molecule has 0 unspecified atom stereocenters. The Bertz CT molecular complexity index is 723. The maximum Gasteiger partial charge on any atom is 0.341 e. The van der Waals surface area contributed by atoms with E-state index >= 15 is 0 Å². The molecule has 1 N–H and O–H groups in total. The molecule has 1 aromatic heterocycles. The second-order valence-corrected chi connectivity index (χ2v) is 9.89. The average molecular weight is 376 g/mol. The Kier molecular flexibility index (Phi) is 4.84. The molecule has 5 heteroatoms. The third kappa shape index (κ3) is 3.30. The van der Waals surface area contributed by atoms with Gasteiger partial charge < -0.3 is 10.1 Å². The SMILES string of the molecule is CC(C)OC(=O)c1c(NC(=O)[C@@H]2C[C@H]3CC[C@H]2C3)sc2c1CC[C@@H](C)C2. The zero-order valence-corrected chi connectivity index (χ0v) is 16.8. The second-order valence-electron chi connectivity index (χ2n) is 8.78. The van der Waals surface area contributed by atoms with E-state index in [1.165, 1.54) is 24.1 Å². The van der Waals surface area contributed by atoms with Crippen molar-refractivity contribution in [1.82, 2.24) is 0 Å². The highest BCUT2D eigenvalue weighted by Crippen LogP contribution is 2.49. The van der Waals surface area contributed by atoms with Crippen molar-refractivity contribution in [3.05, 3.63) is 16.0 Å². The number of anilines is 1. The summed E-state index contributed by atoms with van der Waals surface area (Å²) in [6.45, 7) is 5.99. The van der Waals surface area contributed by atoms with Crippen LogP contribution in [0.3, 0.4) is 0 Å². The minimum Gasteiger partial charge on any atom is -0.459 e. The molecule has 3 aliphatic rings. The molecule has 2 bridgehead atoms. The number of amides is 1. The first-order chi connectivity index (χ1) is 12.4. The molecule has 1 heterocycles. The molecule has 0 radical (unpaired) electrons. The highest BCUT2D eigenvalue weighted by atomic mass is 32.1. The highest BCUT2D eigenvalue weighted by Gasteiger charge is 2.43. The summed E-state index contributed by atoms with van der Waals surface area (Å²) < 4.78 is 5.50. The van der Waals surface area contributed by atoms with Crippen LogP contribution in [0, 0.1) is 23.7 Å². The van der Waals surface area contributed by atoms with Crippen LogP contribution in [0.2, 0.25) is 0 Å². The molecule has 4 rings (SSSR count). The van der Waals surface area contributed by atoms with Gasteiger partial charge in [-0.15, -0.1) is 11.3 Å². The molecule has 0 spiro atoms. The van der Waals surface area contributed by atoms with Gasteiger partial charge in [-0.1, -0.05) is 13.3 Å². The fourth-order valence-corrected chi connectivity index (χ4v) is 6.50. The Balaban J connectivity index is 1.60. The summed E-state index contributed by atoms with van der Waals surface area (Å²) in [5.41, 5.74) is 1.74. The summed E-state index contributed by atoms with van der Waals surface area (Å²) in [6, 6.07) is 0. The van der Waals surface area contributed by atoms with Crippen LogP contribution in [0.25, 0.3) is 0 Å². The topological polar surface area (TPSA) is 55.4 Å². The van der Waals surface area contributed by atoms with Gasteiger partial charge in [-0.25, -0.2) is 4.79 Å². The lowest BCUT2D eigenvalue weighted by Gasteiger charge is -2.21. The van der Waals surface area contributed by atoms with Gasteiger partial charge in [0.05, 0.1) is 11.7 Å². The van der Waals surface area contributed by atoms with Gasteiger partial charge in [-0.2, -0.15) is 0 Å². The van der Waals surface area contributed by atoms with E-state index in [-0.39, 0.29) is 23.9 Å². The number of hydrogen-bond acceptors (Lipinski definition) is 4. The van der Waals surface area contributed by atoms with Crippen LogP contribution in [-0.4, -0.2) is 18.0 Å². The summed E-state index contributed by atoms with van der Waals surface area (Å²) in [5.74, 6) is 1.86. The molecule has 2 fully saturated rings. The van der Waals surface area contributed by atoms with Crippen LogP contribution in [0.5, 0.6) is 0 Å². The number of nitrogens with one attached hydrogen (secondary N) is 1. The van der Waals surface area contributed by atoms with Crippen molar-refractivity contribution < 1.29 is 14.3 Å². The number of rotatable bonds is 4. The molecule has 142 valence electrons. The van der Waals surface area contributed by atoms with Crippen molar-refractivity contribution in [1.29, 1.82) is 0 Å². The largest absolute Gasteiger partial charge is 0.459 e. The molecule has 4 atom stereocenters. The van der Waals surface area contributed by atoms with Gasteiger partial charge in [0.15, 0.2) is 0 Å². The van der Waals surface area contributed by atoms with Crippen LogP contribution >= 0.6 is 11.3 Å². The van der Waals surface area contributed by atoms with E-state index < -0.39 is 0 Å². The molecule has 1 aromatic rings. The van der Waals surface area contributed by atoms with Gasteiger partial charge in [0.2, 0.25) is 5.91 Å². The van der Waals surface area contributed by atoms with Crippen molar-refractivity contribution in [3.8, 4) is 0 Å². The lowest BCUT2D eigenvalue weighted by atomic mass is 9.87. The van der Waals surface area contributed by atoms with Crippen LogP contribution in [0.1, 0.15) is 73.7 Å². The number of carbonyl (C=O) groups is 2. The van der Waals surface area contributed by atoms with E-state index in [2.05, 4.69) is 12.2 Å². The Morgan fingerprint density at radius 3 is 2.65 bits per heavy atom. The maximum atomic E-state index is 12.9. The van der Waals surface area contributed by atoms with Crippen molar-refractivity contribution in [3.63, 3.8) is 0 Å². The van der Waals surface area contributed by atoms with Crippen molar-refractivity contribution >= 4 is 28.2 Å². The lowest BCUT2D eigenvalue weighted by Crippen LogP contribution is -2.27. The second kappa shape index (κ2) is 6.99. The quantitative estimate of drug-likeness (QED) is 0.768. The molecule has 4 nitrogen and oxygen atoms in total. The van der Waals surface area contributed by atoms with Crippen LogP contribution < -0.4 is 5.32 Å². The summed E-state index contributed by atoms with van der Waals surface area (Å²) in [5, 5.41) is 3.87. The summed E-state index contributed by atoms with van der Waals surface area (Å²) >= 11 is 1.60. The van der Waals surface area contributed by atoms with Gasteiger partial charge >= 0.3 is 5.97 Å². The first-order valence-electron chi connectivity index (χ1n) is 10.1. The molecule has 2 saturated carbocycles. The van der Waals surface area contributed by atoms with E-state index in [0.717, 1.165) is 42.2 Å². The predicted octanol–water partition coefficient (Wildman–Crippen LogP) is 4.81. The van der Waals surface area contributed by atoms with Gasteiger partial charge in [-0.05, 0) is 75.7 Å². The van der Waals surface area contributed by atoms with Crippen LogP contribution in [0.4, 0.5) is 5.00 Å². The van der Waals surface area contributed by atoms with Gasteiger partial charge in [0.1, 0.15) is 5.00 Å². The number of hydrogen-bond donors (Lipinski definition) is 1. The molecule has 3 aliphatic carbocycles. The average Bonchev–Trinajstić information content (AvgIpc) is 3.26. The number of ether oxygens (including phenoxy) is 1. The first-order valence-corrected chi connectivity index (χ1v) is 10.9. The van der Waals surface area contributed by atoms with E-state index in [1.54, 1.807) is 11.3 Å². The van der Waals surface area contributed by atoms with Gasteiger partial charge in [-0.3, -0.25) is 4.79 Å². The van der Waals surface area contributed by atoms with Gasteiger partial charge in [0, 0.05) is 10.8 Å². The minimum atomic E-state index is -0.282. The Morgan fingerprint density at radius 2 is 2.00 bits per heavy atom. The summed E-state index contributed by atoms with van der Waals surface area (Å²) in [7, 11) is 0. The van der Waals surface area contributed by atoms with Crippen LogP contribution in [-0.2, 0) is 22.4 Å². The Morgan fingerprint density at radius 1 is 1.19 bits per heavy atom. The summed E-state index contributed by atoms with van der Waals surface area (Å²) in [4.78, 5) is 26.9. The molecule has 0 aromatic carbocycles. The molecular formula is C21H29NO3S. The first kappa shape index (κ1) is 18.0. The normalized spacial score (nSPS) is 29.7. The minimum absolute atomic E-state index is 0.113. The predicted molar refractivity (Wildman–Crippen MR) is 104 cm³/mol. The monoisotopic (exact) mass is 375 g/mol. The van der Waals surface area contributed by atoms with Crippen molar-refractivity contribution in [2.75, 3.05) is 5.32 Å². The number of esters is 1. The Labute approximate surface area is 159 Å². The van der Waals surface area contributed by atoms with Gasteiger partial charge in [0.25, 0.3) is 0 Å². The third-order valence-corrected chi connectivity index (χ3v) is 7.54. The third-order valence-electron chi connectivity index (χ3n) is 6.37. The number of thiophene rings is 1. The van der Waals surface area contributed by atoms with Crippen LogP contribution in [0.15, 0.2) is 0 Å². The lowest BCUT2D eigenvalue weighted by molar-refractivity contribution is -0.121. The van der Waals surface area contributed by atoms with E-state index in [9.17, 15) is 9.59 Å². The Hall–Kier alpha value is -1.36. The van der Waals surface area contributed by atoms with Crippen molar-refractivity contribution in [2.24, 2.45) is 23.7 Å². The standard InChI is InChI=1S/C21H29NO3S/c1-11(2)25-21(24)18-15-7-4-12(3)8-17(15)26-20(18)22-19(23)16-10-13-5-6-14(16)9-13/h11-14,16H,4-10H2,1-3H3,(H,22,23)/t12-,13+,14+,16-/m1/s1. The van der Waals surface area contributed by atoms with E-state index in [1.807, 2.05) is 13.8 Å². The highest BCUT2D eigenvalue weighted by molar-refractivity contribution is 7.17. The zero-order valence-electron chi connectivity index (χ0n) is 16.0. The van der Waals surface area contributed by atoms with E-state index in [4.69, 9.17) is 4.74 Å². The number of carbonyl (C=O) groups excluding carboxylic acids is 2. The molecule has 0 aliphatic heterocycles. The molecular weight excluding hydrogens is 346 g/mol. The fraction of sp³-hybridized carbons (Fsp3) is 0.714. The smallest absolute Gasteiger partial charge is 0.341 e. The summed E-state index contributed by atoms with van der Waals surface area (Å²) in [6.07, 6.45) is 7.52. The van der Waals surface area contributed by atoms with E-state index in [0.29, 0.717) is 17.4 Å². The molecule has 0 saturated heterocycles. The molecule has 26 heavy (non-hydrogen) atoms. The maximum absolute atomic E-state index is 12.9. The zero-order chi connectivity index (χ0) is 18.4. The number of fused-ring (bicyclic) bond motifs is 3.